The fourth-order valence-corrected chi connectivity index (χ4v) is 2.34. The van der Waals surface area contributed by atoms with Gasteiger partial charge in [0.1, 0.15) is 5.75 Å². The second-order valence-corrected chi connectivity index (χ2v) is 4.87. The molecule has 1 unspecified atom stereocenters. The molecular formula is C11H14BrNO2. The highest BCUT2D eigenvalue weighted by Gasteiger charge is 2.31. The van der Waals surface area contributed by atoms with Gasteiger partial charge in [0.25, 0.3) is 0 Å². The van der Waals surface area contributed by atoms with Crippen molar-refractivity contribution >= 4 is 15.9 Å². The van der Waals surface area contributed by atoms with Crippen LogP contribution in [-0.4, -0.2) is 28.9 Å². The van der Waals surface area contributed by atoms with Crippen molar-refractivity contribution in [2.75, 3.05) is 13.1 Å². The van der Waals surface area contributed by atoms with Gasteiger partial charge in [0, 0.05) is 13.0 Å². The molecule has 1 aliphatic rings. The van der Waals surface area contributed by atoms with Crippen molar-refractivity contribution in [1.82, 2.24) is 5.32 Å². The second-order valence-electron chi connectivity index (χ2n) is 4.08. The predicted molar refractivity (Wildman–Crippen MR) is 61.9 cm³/mol. The third-order valence-electron chi connectivity index (χ3n) is 2.80. The van der Waals surface area contributed by atoms with Gasteiger partial charge < -0.3 is 15.5 Å². The summed E-state index contributed by atoms with van der Waals surface area (Å²) in [6, 6.07) is 5.34. The summed E-state index contributed by atoms with van der Waals surface area (Å²) in [4.78, 5) is 0. The van der Waals surface area contributed by atoms with Crippen LogP contribution in [0.4, 0.5) is 0 Å². The molecule has 0 aromatic heterocycles. The summed E-state index contributed by atoms with van der Waals surface area (Å²) in [6.07, 6.45) is 1.32. The molecule has 1 aromatic rings. The SMILES string of the molecule is Oc1cccc(CC2(O)CCNC2)c1Br. The molecule has 1 fully saturated rings. The van der Waals surface area contributed by atoms with Gasteiger partial charge in [0.05, 0.1) is 10.1 Å². The molecular weight excluding hydrogens is 258 g/mol. The van der Waals surface area contributed by atoms with Gasteiger partial charge in [-0.3, -0.25) is 0 Å². The zero-order valence-corrected chi connectivity index (χ0v) is 9.92. The van der Waals surface area contributed by atoms with Crippen molar-refractivity contribution in [2.24, 2.45) is 0 Å². The Labute approximate surface area is 97.3 Å². The Morgan fingerprint density at radius 2 is 2.27 bits per heavy atom. The van der Waals surface area contributed by atoms with Crippen LogP contribution in [0.1, 0.15) is 12.0 Å². The molecule has 0 spiro atoms. The minimum absolute atomic E-state index is 0.224. The van der Waals surface area contributed by atoms with Gasteiger partial charge in [-0.05, 0) is 40.5 Å². The highest BCUT2D eigenvalue weighted by atomic mass is 79.9. The molecule has 3 nitrogen and oxygen atoms in total. The molecule has 4 heteroatoms. The summed E-state index contributed by atoms with van der Waals surface area (Å²) >= 11 is 3.33. The van der Waals surface area contributed by atoms with E-state index in [1.54, 1.807) is 12.1 Å². The van der Waals surface area contributed by atoms with E-state index < -0.39 is 5.60 Å². The molecule has 2 rings (SSSR count). The van der Waals surface area contributed by atoms with E-state index in [1.807, 2.05) is 6.07 Å². The van der Waals surface area contributed by atoms with Crippen LogP contribution in [0.25, 0.3) is 0 Å². The van der Waals surface area contributed by atoms with Crippen LogP contribution in [0.15, 0.2) is 22.7 Å². The third-order valence-corrected chi connectivity index (χ3v) is 3.71. The molecule has 1 saturated heterocycles. The number of benzene rings is 1. The topological polar surface area (TPSA) is 52.5 Å². The van der Waals surface area contributed by atoms with Crippen molar-refractivity contribution in [3.63, 3.8) is 0 Å². The molecule has 0 saturated carbocycles. The molecule has 0 bridgehead atoms. The highest BCUT2D eigenvalue weighted by molar-refractivity contribution is 9.10. The fraction of sp³-hybridized carbons (Fsp3) is 0.455. The van der Waals surface area contributed by atoms with Crippen LogP contribution in [-0.2, 0) is 6.42 Å². The zero-order chi connectivity index (χ0) is 10.9. The number of halogens is 1. The van der Waals surface area contributed by atoms with Crippen LogP contribution < -0.4 is 5.32 Å². The van der Waals surface area contributed by atoms with Gasteiger partial charge in [-0.2, -0.15) is 0 Å². The zero-order valence-electron chi connectivity index (χ0n) is 8.33. The van der Waals surface area contributed by atoms with Crippen molar-refractivity contribution in [1.29, 1.82) is 0 Å². The minimum atomic E-state index is -0.670. The summed E-state index contributed by atoms with van der Waals surface area (Å²) < 4.78 is 0.685. The molecule has 1 heterocycles. The van der Waals surface area contributed by atoms with E-state index in [1.165, 1.54) is 0 Å². The van der Waals surface area contributed by atoms with Crippen LogP contribution in [0.2, 0.25) is 0 Å². The van der Waals surface area contributed by atoms with Gasteiger partial charge in [0.15, 0.2) is 0 Å². The average Bonchev–Trinajstić information content (AvgIpc) is 2.60. The highest BCUT2D eigenvalue weighted by Crippen LogP contribution is 2.31. The van der Waals surface area contributed by atoms with Crippen molar-refractivity contribution in [2.45, 2.75) is 18.4 Å². The Morgan fingerprint density at radius 3 is 2.93 bits per heavy atom. The van der Waals surface area contributed by atoms with E-state index in [0.717, 1.165) is 18.5 Å². The van der Waals surface area contributed by atoms with Gasteiger partial charge in [0.2, 0.25) is 0 Å². The minimum Gasteiger partial charge on any atom is -0.507 e. The summed E-state index contributed by atoms with van der Waals surface area (Å²) in [7, 11) is 0. The monoisotopic (exact) mass is 271 g/mol. The van der Waals surface area contributed by atoms with E-state index in [-0.39, 0.29) is 5.75 Å². The molecule has 15 heavy (non-hydrogen) atoms. The first-order chi connectivity index (χ1) is 7.11. The first kappa shape index (κ1) is 10.9. The number of phenols is 1. The first-order valence-corrected chi connectivity index (χ1v) is 5.79. The number of aromatic hydroxyl groups is 1. The quantitative estimate of drug-likeness (QED) is 0.763. The number of nitrogens with one attached hydrogen (secondary N) is 1. The first-order valence-electron chi connectivity index (χ1n) is 5.00. The molecule has 0 aliphatic carbocycles. The molecule has 82 valence electrons. The van der Waals surface area contributed by atoms with Crippen molar-refractivity contribution in [3.05, 3.63) is 28.2 Å². The average molecular weight is 272 g/mol. The third kappa shape index (κ3) is 2.33. The van der Waals surface area contributed by atoms with E-state index in [2.05, 4.69) is 21.2 Å². The van der Waals surface area contributed by atoms with Crippen LogP contribution >= 0.6 is 15.9 Å². The Bertz CT molecular complexity index is 362. The number of aliphatic hydroxyl groups is 1. The van der Waals surface area contributed by atoms with E-state index in [9.17, 15) is 10.2 Å². The lowest BCUT2D eigenvalue weighted by Gasteiger charge is -2.22. The van der Waals surface area contributed by atoms with Gasteiger partial charge >= 0.3 is 0 Å². The van der Waals surface area contributed by atoms with Crippen molar-refractivity contribution < 1.29 is 10.2 Å². The van der Waals surface area contributed by atoms with Gasteiger partial charge in [-0.25, -0.2) is 0 Å². The lowest BCUT2D eigenvalue weighted by molar-refractivity contribution is 0.0617. The van der Waals surface area contributed by atoms with E-state index in [0.29, 0.717) is 17.4 Å². The maximum atomic E-state index is 10.2. The standard InChI is InChI=1S/C11H14BrNO2/c12-10-8(2-1-3-9(10)14)6-11(15)4-5-13-7-11/h1-3,13-15H,4-7H2. The molecule has 0 radical (unpaired) electrons. The van der Waals surface area contributed by atoms with E-state index in [4.69, 9.17) is 0 Å². The lowest BCUT2D eigenvalue weighted by Crippen LogP contribution is -2.33. The number of hydrogen-bond donors (Lipinski definition) is 3. The van der Waals surface area contributed by atoms with Crippen molar-refractivity contribution in [3.8, 4) is 5.75 Å². The molecule has 1 aromatic carbocycles. The van der Waals surface area contributed by atoms with Gasteiger partial charge in [-0.15, -0.1) is 0 Å². The molecule has 1 aliphatic heterocycles. The maximum Gasteiger partial charge on any atom is 0.130 e. The number of hydrogen-bond acceptors (Lipinski definition) is 3. The largest absolute Gasteiger partial charge is 0.507 e. The number of β-amino-alcohol motifs (C(OH)–C–C–N with tert-alkyl or cyclic N) is 1. The van der Waals surface area contributed by atoms with E-state index >= 15 is 0 Å². The normalized spacial score (nSPS) is 25.7. The number of rotatable bonds is 2. The molecule has 0 amide bonds. The predicted octanol–water partition coefficient (Wildman–Crippen LogP) is 1.42. The van der Waals surface area contributed by atoms with Crippen LogP contribution in [0.3, 0.4) is 0 Å². The Balaban J connectivity index is 2.20. The smallest absolute Gasteiger partial charge is 0.130 e. The van der Waals surface area contributed by atoms with Crippen LogP contribution in [0.5, 0.6) is 5.75 Å². The fourth-order valence-electron chi connectivity index (χ4n) is 1.94. The summed E-state index contributed by atoms with van der Waals surface area (Å²) in [5.74, 6) is 0.224. The molecule has 3 N–H and O–H groups in total. The summed E-state index contributed by atoms with van der Waals surface area (Å²) in [6.45, 7) is 1.47. The molecule has 1 atom stereocenters. The Kier molecular flexibility index (Phi) is 3.00. The summed E-state index contributed by atoms with van der Waals surface area (Å²) in [5, 5.41) is 22.8. The second kappa shape index (κ2) is 4.12. The Morgan fingerprint density at radius 1 is 1.47 bits per heavy atom. The lowest BCUT2D eigenvalue weighted by atomic mass is 9.94. The van der Waals surface area contributed by atoms with Crippen LogP contribution in [0, 0.1) is 0 Å². The summed E-state index contributed by atoms with van der Waals surface area (Å²) in [5.41, 5.74) is 0.275. The number of phenolic OH excluding ortho intramolecular Hbond substituents is 1. The Hall–Kier alpha value is -0.580. The maximum absolute atomic E-state index is 10.2. The van der Waals surface area contributed by atoms with Gasteiger partial charge in [-0.1, -0.05) is 12.1 Å².